The summed E-state index contributed by atoms with van der Waals surface area (Å²) in [6.07, 6.45) is 0. The second-order valence-electron chi connectivity index (χ2n) is 8.83. The number of carbonyl (C=O) groups is 2. The molecule has 1 atom stereocenters. The zero-order valence-corrected chi connectivity index (χ0v) is 22.5. The van der Waals surface area contributed by atoms with Crippen LogP contribution in [0.5, 0.6) is 5.75 Å². The first kappa shape index (κ1) is 24.2. The summed E-state index contributed by atoms with van der Waals surface area (Å²) in [5.41, 5.74) is 4.84. The molecule has 3 aromatic carbocycles. The third kappa shape index (κ3) is 4.00. The lowest BCUT2D eigenvalue weighted by Gasteiger charge is -2.23. The van der Waals surface area contributed by atoms with Crippen molar-refractivity contribution in [1.82, 2.24) is 4.98 Å². The van der Waals surface area contributed by atoms with E-state index in [-0.39, 0.29) is 11.3 Å². The summed E-state index contributed by atoms with van der Waals surface area (Å²) in [4.78, 5) is 33.1. The number of ether oxygens (including phenoxy) is 1. The lowest BCUT2D eigenvalue weighted by atomic mass is 9.95. The molecule has 0 aliphatic carbocycles. The Kier molecular flexibility index (Phi) is 6.18. The van der Waals surface area contributed by atoms with Gasteiger partial charge in [-0.25, -0.2) is 4.98 Å². The number of fused-ring (bicyclic) bond motifs is 1. The fraction of sp³-hybridized carbons (Fsp3) is 0.179. The third-order valence-electron chi connectivity index (χ3n) is 6.32. The van der Waals surface area contributed by atoms with Crippen molar-refractivity contribution in [2.24, 2.45) is 0 Å². The van der Waals surface area contributed by atoms with Crippen molar-refractivity contribution < 1.29 is 19.4 Å². The van der Waals surface area contributed by atoms with Gasteiger partial charge < -0.3 is 9.84 Å². The molecular weight excluding hydrogens is 540 g/mol. The van der Waals surface area contributed by atoms with Gasteiger partial charge in [0, 0.05) is 10.0 Å². The van der Waals surface area contributed by atoms with E-state index in [0.29, 0.717) is 22.0 Å². The molecule has 4 aromatic rings. The van der Waals surface area contributed by atoms with Crippen LogP contribution in [0.1, 0.15) is 33.9 Å². The number of thiazole rings is 1. The largest absolute Gasteiger partial charge is 0.507 e. The Hall–Kier alpha value is -3.49. The zero-order valence-electron chi connectivity index (χ0n) is 20.1. The minimum atomic E-state index is -0.831. The molecule has 5 rings (SSSR count). The second kappa shape index (κ2) is 9.19. The van der Waals surface area contributed by atoms with Gasteiger partial charge in [0.1, 0.15) is 11.5 Å². The van der Waals surface area contributed by atoms with Gasteiger partial charge in [0.05, 0.1) is 28.9 Å². The number of aliphatic hydroxyl groups excluding tert-OH is 1. The van der Waals surface area contributed by atoms with Crippen LogP contribution in [-0.4, -0.2) is 28.9 Å². The van der Waals surface area contributed by atoms with Gasteiger partial charge in [-0.1, -0.05) is 45.5 Å². The Morgan fingerprint density at radius 1 is 1.03 bits per heavy atom. The van der Waals surface area contributed by atoms with Crippen LogP contribution in [0.2, 0.25) is 0 Å². The number of aromatic nitrogens is 1. The van der Waals surface area contributed by atoms with Gasteiger partial charge in [0.15, 0.2) is 5.13 Å². The van der Waals surface area contributed by atoms with Crippen LogP contribution in [0, 0.1) is 20.8 Å². The Bertz CT molecular complexity index is 1570. The molecule has 1 saturated heterocycles. The van der Waals surface area contributed by atoms with Crippen LogP contribution in [0.4, 0.5) is 5.13 Å². The SMILES string of the molecule is COc1ccc(/C(O)=C2\C(=O)C(=O)N(c3nc4c(C)cc(C)cc4s3)C2c2ccc(Br)cc2)cc1C. The van der Waals surface area contributed by atoms with E-state index in [9.17, 15) is 14.7 Å². The Morgan fingerprint density at radius 2 is 1.75 bits per heavy atom. The third-order valence-corrected chi connectivity index (χ3v) is 7.85. The molecule has 0 radical (unpaired) electrons. The number of anilines is 1. The molecule has 1 aliphatic heterocycles. The maximum atomic E-state index is 13.5. The minimum Gasteiger partial charge on any atom is -0.507 e. The molecule has 0 saturated carbocycles. The van der Waals surface area contributed by atoms with Crippen LogP contribution >= 0.6 is 27.3 Å². The monoisotopic (exact) mass is 562 g/mol. The average molecular weight is 563 g/mol. The van der Waals surface area contributed by atoms with Gasteiger partial charge in [-0.15, -0.1) is 0 Å². The molecule has 1 aromatic heterocycles. The standard InChI is InChI=1S/C28H23BrN2O4S/c1-14-11-16(3)23-21(12-14)36-28(30-23)31-24(17-5-8-19(29)9-6-17)22(26(33)27(31)34)25(32)18-7-10-20(35-4)15(2)13-18/h5-13,24,32H,1-4H3/b25-22+. The summed E-state index contributed by atoms with van der Waals surface area (Å²) in [6.45, 7) is 5.84. The van der Waals surface area contributed by atoms with Crippen molar-refractivity contribution in [3.05, 3.63) is 92.5 Å². The highest BCUT2D eigenvalue weighted by molar-refractivity contribution is 9.10. The van der Waals surface area contributed by atoms with Crippen LogP contribution in [0.15, 0.2) is 64.6 Å². The minimum absolute atomic E-state index is 0.0269. The molecule has 1 amide bonds. The number of aliphatic hydroxyl groups is 1. The summed E-state index contributed by atoms with van der Waals surface area (Å²) in [6, 6.07) is 15.7. The molecule has 1 fully saturated rings. The van der Waals surface area contributed by atoms with Crippen molar-refractivity contribution >= 4 is 60.1 Å². The molecule has 8 heteroatoms. The molecule has 1 aliphatic rings. The fourth-order valence-electron chi connectivity index (χ4n) is 4.63. The smallest absolute Gasteiger partial charge is 0.301 e. The second-order valence-corrected chi connectivity index (χ2v) is 10.8. The molecular formula is C28H23BrN2O4S. The number of amides is 1. The van der Waals surface area contributed by atoms with E-state index in [1.807, 2.05) is 57.2 Å². The number of rotatable bonds is 4. The summed E-state index contributed by atoms with van der Waals surface area (Å²) in [7, 11) is 1.57. The van der Waals surface area contributed by atoms with E-state index >= 15 is 0 Å². The van der Waals surface area contributed by atoms with Gasteiger partial charge >= 0.3 is 5.91 Å². The van der Waals surface area contributed by atoms with E-state index in [1.54, 1.807) is 25.3 Å². The highest BCUT2D eigenvalue weighted by atomic mass is 79.9. The predicted octanol–water partition coefficient (Wildman–Crippen LogP) is 6.62. The number of halogens is 1. The maximum absolute atomic E-state index is 13.5. The molecule has 2 heterocycles. The number of nitrogens with zero attached hydrogens (tertiary/aromatic N) is 2. The molecule has 182 valence electrons. The quantitative estimate of drug-likeness (QED) is 0.172. The van der Waals surface area contributed by atoms with E-state index in [0.717, 1.165) is 31.4 Å². The van der Waals surface area contributed by atoms with Gasteiger partial charge in [-0.2, -0.15) is 0 Å². The summed E-state index contributed by atoms with van der Waals surface area (Å²) in [5, 5.41) is 11.8. The van der Waals surface area contributed by atoms with Gasteiger partial charge in [0.2, 0.25) is 0 Å². The number of aryl methyl sites for hydroxylation is 3. The van der Waals surface area contributed by atoms with Crippen molar-refractivity contribution in [3.63, 3.8) is 0 Å². The number of methoxy groups -OCH3 is 1. The van der Waals surface area contributed by atoms with Crippen molar-refractivity contribution in [2.75, 3.05) is 12.0 Å². The molecule has 1 N–H and O–H groups in total. The first-order chi connectivity index (χ1) is 17.2. The molecule has 0 bridgehead atoms. The number of benzene rings is 3. The number of hydrogen-bond donors (Lipinski definition) is 1. The van der Waals surface area contributed by atoms with Crippen LogP contribution in [0.25, 0.3) is 16.0 Å². The topological polar surface area (TPSA) is 79.7 Å². The van der Waals surface area contributed by atoms with Gasteiger partial charge in [-0.05, 0) is 79.4 Å². The average Bonchev–Trinajstić information content (AvgIpc) is 3.38. The van der Waals surface area contributed by atoms with Crippen molar-refractivity contribution in [2.45, 2.75) is 26.8 Å². The molecule has 36 heavy (non-hydrogen) atoms. The Labute approximate surface area is 221 Å². The van der Waals surface area contributed by atoms with Crippen LogP contribution in [-0.2, 0) is 9.59 Å². The van der Waals surface area contributed by atoms with Crippen LogP contribution in [0.3, 0.4) is 0 Å². The zero-order chi connectivity index (χ0) is 25.7. The first-order valence-corrected chi connectivity index (χ1v) is 12.9. The predicted molar refractivity (Wildman–Crippen MR) is 146 cm³/mol. The summed E-state index contributed by atoms with van der Waals surface area (Å²) < 4.78 is 7.12. The van der Waals surface area contributed by atoms with E-state index < -0.39 is 17.7 Å². The highest BCUT2D eigenvalue weighted by Gasteiger charge is 2.48. The van der Waals surface area contributed by atoms with E-state index in [1.165, 1.54) is 16.2 Å². The van der Waals surface area contributed by atoms with Crippen LogP contribution < -0.4 is 9.64 Å². The van der Waals surface area contributed by atoms with E-state index in [4.69, 9.17) is 9.72 Å². The van der Waals surface area contributed by atoms with Gasteiger partial charge in [-0.3, -0.25) is 14.5 Å². The number of hydrogen-bond acceptors (Lipinski definition) is 6. The number of ketones is 1. The highest BCUT2D eigenvalue weighted by Crippen LogP contribution is 2.45. The van der Waals surface area contributed by atoms with E-state index in [2.05, 4.69) is 15.9 Å². The Balaban J connectivity index is 1.73. The Morgan fingerprint density at radius 3 is 2.42 bits per heavy atom. The summed E-state index contributed by atoms with van der Waals surface area (Å²) >= 11 is 4.81. The normalized spacial score (nSPS) is 17.2. The van der Waals surface area contributed by atoms with Crippen molar-refractivity contribution in [1.29, 1.82) is 0 Å². The van der Waals surface area contributed by atoms with Crippen molar-refractivity contribution in [3.8, 4) is 5.75 Å². The first-order valence-electron chi connectivity index (χ1n) is 11.3. The lowest BCUT2D eigenvalue weighted by Crippen LogP contribution is -2.29. The van der Waals surface area contributed by atoms with Gasteiger partial charge in [0.25, 0.3) is 5.78 Å². The lowest BCUT2D eigenvalue weighted by molar-refractivity contribution is -0.132. The molecule has 1 unspecified atom stereocenters. The molecule has 6 nitrogen and oxygen atoms in total. The maximum Gasteiger partial charge on any atom is 0.301 e. The number of carbonyl (C=O) groups excluding carboxylic acids is 2. The fourth-order valence-corrected chi connectivity index (χ4v) is 6.07. The summed E-state index contributed by atoms with van der Waals surface area (Å²) in [5.74, 6) is -1.04. The molecule has 0 spiro atoms. The number of Topliss-reactive ketones (excluding diaryl/α,β-unsaturated/α-hetero) is 1.